The fourth-order valence-corrected chi connectivity index (χ4v) is 2.18. The van der Waals surface area contributed by atoms with Crippen LogP contribution in [-0.2, 0) is 6.54 Å². The van der Waals surface area contributed by atoms with E-state index in [1.165, 1.54) is 0 Å². The number of aromatic nitrogens is 3. The van der Waals surface area contributed by atoms with E-state index in [1.54, 1.807) is 13.4 Å². The summed E-state index contributed by atoms with van der Waals surface area (Å²) in [5.41, 5.74) is 9.42. The highest BCUT2D eigenvalue weighted by Gasteiger charge is 2.12. The lowest BCUT2D eigenvalue weighted by atomic mass is 10.1. The van der Waals surface area contributed by atoms with Gasteiger partial charge < -0.3 is 15.5 Å². The van der Waals surface area contributed by atoms with E-state index >= 15 is 0 Å². The van der Waals surface area contributed by atoms with Crippen LogP contribution in [0, 0.1) is 0 Å². The van der Waals surface area contributed by atoms with Crippen molar-refractivity contribution in [3.05, 3.63) is 42.4 Å². The first-order valence-corrected chi connectivity index (χ1v) is 5.99. The Labute approximate surface area is 110 Å². The Hall–Kier alpha value is -2.40. The number of aromatic amines is 1. The molecule has 0 aliphatic heterocycles. The molecule has 2 aromatic heterocycles. The van der Waals surface area contributed by atoms with Crippen LogP contribution in [-0.4, -0.2) is 22.1 Å². The van der Waals surface area contributed by atoms with E-state index in [0.717, 1.165) is 33.6 Å². The quantitative estimate of drug-likeness (QED) is 0.750. The Morgan fingerprint density at radius 1 is 1.32 bits per heavy atom. The number of fused-ring (bicyclic) bond motifs is 1. The Kier molecular flexibility index (Phi) is 2.89. The first-order valence-electron chi connectivity index (χ1n) is 5.99. The van der Waals surface area contributed by atoms with Crippen molar-refractivity contribution in [3.8, 4) is 17.0 Å². The second-order valence-corrected chi connectivity index (χ2v) is 4.20. The Bertz CT molecular complexity index is 720. The van der Waals surface area contributed by atoms with E-state index in [9.17, 15) is 0 Å². The molecule has 2 heterocycles. The fraction of sp³-hybridized carbons (Fsp3) is 0.143. The highest BCUT2D eigenvalue weighted by Crippen LogP contribution is 2.29. The lowest BCUT2D eigenvalue weighted by Gasteiger charge is -2.06. The lowest BCUT2D eigenvalue weighted by Crippen LogP contribution is -1.96. The van der Waals surface area contributed by atoms with E-state index in [1.807, 2.05) is 30.5 Å². The van der Waals surface area contributed by atoms with Gasteiger partial charge in [0.2, 0.25) is 0 Å². The number of methoxy groups -OCH3 is 1. The SMILES string of the molecule is COc1cccc(-c2ncnc3[nH]cc(CN)c23)c1. The molecule has 0 atom stereocenters. The van der Waals surface area contributed by atoms with Crippen LogP contribution < -0.4 is 10.5 Å². The number of benzene rings is 1. The number of nitrogens with one attached hydrogen (secondary N) is 1. The minimum Gasteiger partial charge on any atom is -0.497 e. The molecule has 0 radical (unpaired) electrons. The number of hydrogen-bond acceptors (Lipinski definition) is 4. The summed E-state index contributed by atoms with van der Waals surface area (Å²) in [6, 6.07) is 7.80. The summed E-state index contributed by atoms with van der Waals surface area (Å²) in [7, 11) is 1.65. The maximum absolute atomic E-state index is 5.76. The van der Waals surface area contributed by atoms with Crippen molar-refractivity contribution in [1.82, 2.24) is 15.0 Å². The van der Waals surface area contributed by atoms with Gasteiger partial charge in [-0.15, -0.1) is 0 Å². The monoisotopic (exact) mass is 254 g/mol. The smallest absolute Gasteiger partial charge is 0.141 e. The van der Waals surface area contributed by atoms with Crippen molar-refractivity contribution in [1.29, 1.82) is 0 Å². The van der Waals surface area contributed by atoms with Crippen LogP contribution in [0.15, 0.2) is 36.8 Å². The third kappa shape index (κ3) is 1.94. The normalized spacial score (nSPS) is 10.8. The Morgan fingerprint density at radius 3 is 3.00 bits per heavy atom. The highest BCUT2D eigenvalue weighted by molar-refractivity contribution is 5.93. The van der Waals surface area contributed by atoms with Gasteiger partial charge in [-0.2, -0.15) is 0 Å². The molecule has 0 bridgehead atoms. The number of nitrogens with zero attached hydrogens (tertiary/aromatic N) is 2. The molecule has 0 saturated heterocycles. The van der Waals surface area contributed by atoms with E-state index in [4.69, 9.17) is 10.5 Å². The zero-order chi connectivity index (χ0) is 13.2. The van der Waals surface area contributed by atoms with Gasteiger partial charge in [0, 0.05) is 23.7 Å². The topological polar surface area (TPSA) is 76.8 Å². The van der Waals surface area contributed by atoms with E-state index in [0.29, 0.717) is 6.54 Å². The van der Waals surface area contributed by atoms with E-state index in [-0.39, 0.29) is 0 Å². The molecule has 0 spiro atoms. The van der Waals surface area contributed by atoms with Gasteiger partial charge >= 0.3 is 0 Å². The molecular weight excluding hydrogens is 240 g/mol. The minimum absolute atomic E-state index is 0.449. The molecule has 0 saturated carbocycles. The van der Waals surface area contributed by atoms with Crippen molar-refractivity contribution in [2.24, 2.45) is 5.73 Å². The molecule has 3 rings (SSSR count). The third-order valence-electron chi connectivity index (χ3n) is 3.11. The predicted molar refractivity (Wildman–Crippen MR) is 73.8 cm³/mol. The zero-order valence-corrected chi connectivity index (χ0v) is 10.6. The average molecular weight is 254 g/mol. The number of rotatable bonds is 3. The fourth-order valence-electron chi connectivity index (χ4n) is 2.18. The van der Waals surface area contributed by atoms with Crippen LogP contribution in [0.3, 0.4) is 0 Å². The van der Waals surface area contributed by atoms with Gasteiger partial charge in [-0.3, -0.25) is 0 Å². The van der Waals surface area contributed by atoms with Gasteiger partial charge in [-0.1, -0.05) is 12.1 Å². The maximum Gasteiger partial charge on any atom is 0.141 e. The number of hydrogen-bond donors (Lipinski definition) is 2. The molecule has 3 N–H and O–H groups in total. The van der Waals surface area contributed by atoms with Crippen LogP contribution >= 0.6 is 0 Å². The van der Waals surface area contributed by atoms with Crippen molar-refractivity contribution in [2.45, 2.75) is 6.54 Å². The summed E-state index contributed by atoms with van der Waals surface area (Å²) in [5.74, 6) is 0.800. The second-order valence-electron chi connectivity index (χ2n) is 4.20. The highest BCUT2D eigenvalue weighted by atomic mass is 16.5. The van der Waals surface area contributed by atoms with Crippen LogP contribution in [0.4, 0.5) is 0 Å². The molecule has 96 valence electrons. The number of ether oxygens (including phenoxy) is 1. The summed E-state index contributed by atoms with van der Waals surface area (Å²) in [6.07, 6.45) is 3.43. The number of nitrogens with two attached hydrogens (primary N) is 1. The van der Waals surface area contributed by atoms with Crippen molar-refractivity contribution >= 4 is 11.0 Å². The lowest BCUT2D eigenvalue weighted by molar-refractivity contribution is 0.415. The molecule has 0 amide bonds. The van der Waals surface area contributed by atoms with Crippen molar-refractivity contribution < 1.29 is 4.74 Å². The molecule has 5 heteroatoms. The van der Waals surface area contributed by atoms with E-state index < -0.39 is 0 Å². The average Bonchev–Trinajstić information content (AvgIpc) is 2.90. The molecule has 1 aromatic carbocycles. The Morgan fingerprint density at radius 2 is 2.21 bits per heavy atom. The predicted octanol–water partition coefficient (Wildman–Crippen LogP) is 2.09. The van der Waals surface area contributed by atoms with Crippen LogP contribution in [0.1, 0.15) is 5.56 Å². The summed E-state index contributed by atoms with van der Waals surface area (Å²) in [4.78, 5) is 11.7. The van der Waals surface area contributed by atoms with Gasteiger partial charge in [0.05, 0.1) is 12.8 Å². The molecule has 0 aliphatic carbocycles. The van der Waals surface area contributed by atoms with Gasteiger partial charge in [0.1, 0.15) is 17.7 Å². The molecule has 3 aromatic rings. The minimum atomic E-state index is 0.449. The van der Waals surface area contributed by atoms with Gasteiger partial charge in [-0.05, 0) is 17.7 Å². The Balaban J connectivity index is 2.26. The summed E-state index contributed by atoms with van der Waals surface area (Å²) in [6.45, 7) is 0.449. The van der Waals surface area contributed by atoms with Crippen molar-refractivity contribution in [2.75, 3.05) is 7.11 Å². The van der Waals surface area contributed by atoms with Gasteiger partial charge in [0.15, 0.2) is 0 Å². The molecular formula is C14H14N4O. The first-order chi connectivity index (χ1) is 9.33. The first kappa shape index (κ1) is 11.7. The largest absolute Gasteiger partial charge is 0.497 e. The maximum atomic E-state index is 5.76. The zero-order valence-electron chi connectivity index (χ0n) is 10.6. The van der Waals surface area contributed by atoms with Gasteiger partial charge in [0.25, 0.3) is 0 Å². The third-order valence-corrected chi connectivity index (χ3v) is 3.11. The van der Waals surface area contributed by atoms with Crippen LogP contribution in [0.5, 0.6) is 5.75 Å². The van der Waals surface area contributed by atoms with Crippen molar-refractivity contribution in [3.63, 3.8) is 0 Å². The molecule has 5 nitrogen and oxygen atoms in total. The van der Waals surface area contributed by atoms with Crippen LogP contribution in [0.25, 0.3) is 22.3 Å². The molecule has 19 heavy (non-hydrogen) atoms. The van der Waals surface area contributed by atoms with Gasteiger partial charge in [-0.25, -0.2) is 9.97 Å². The molecule has 0 unspecified atom stereocenters. The van der Waals surface area contributed by atoms with Crippen LogP contribution in [0.2, 0.25) is 0 Å². The standard InChI is InChI=1S/C14H14N4O/c1-19-11-4-2-3-9(5-11)13-12-10(6-15)7-16-14(12)18-8-17-13/h2-5,7-8H,6,15H2,1H3,(H,16,17,18). The summed E-state index contributed by atoms with van der Waals surface area (Å²) in [5, 5.41) is 0.971. The second kappa shape index (κ2) is 4.70. The molecule has 0 fully saturated rings. The summed E-state index contributed by atoms with van der Waals surface area (Å²) < 4.78 is 5.25. The summed E-state index contributed by atoms with van der Waals surface area (Å²) >= 11 is 0. The van der Waals surface area contributed by atoms with E-state index in [2.05, 4.69) is 15.0 Å². The molecule has 0 aliphatic rings. The number of H-pyrrole nitrogens is 1.